The highest BCUT2D eigenvalue weighted by Crippen LogP contribution is 2.25. The van der Waals surface area contributed by atoms with Crippen LogP contribution >= 0.6 is 0 Å². The Morgan fingerprint density at radius 3 is 2.68 bits per heavy atom. The van der Waals surface area contributed by atoms with Gasteiger partial charge in [-0.1, -0.05) is 39.0 Å². The van der Waals surface area contributed by atoms with Gasteiger partial charge in [-0.25, -0.2) is 0 Å². The Hall–Kier alpha value is -1.35. The minimum Gasteiger partial charge on any atom is -0.387 e. The SMILES string of the molecule is CC(C)(C)C(=O)NCC(O)c1ccc2c(c1)CCC2. The van der Waals surface area contributed by atoms with Crippen molar-refractivity contribution in [3.8, 4) is 0 Å². The van der Waals surface area contributed by atoms with E-state index < -0.39 is 11.5 Å². The molecule has 0 aliphatic heterocycles. The van der Waals surface area contributed by atoms with Crippen molar-refractivity contribution < 1.29 is 9.90 Å². The first-order valence-electron chi connectivity index (χ1n) is 6.96. The average Bonchev–Trinajstić information content (AvgIpc) is 2.81. The quantitative estimate of drug-likeness (QED) is 0.877. The molecule has 3 nitrogen and oxygen atoms in total. The Labute approximate surface area is 115 Å². The molecule has 0 saturated heterocycles. The van der Waals surface area contributed by atoms with Crippen molar-refractivity contribution in [2.45, 2.75) is 46.1 Å². The number of hydrogen-bond donors (Lipinski definition) is 2. The number of rotatable bonds is 3. The third-order valence-electron chi connectivity index (χ3n) is 3.64. The molecule has 1 aliphatic carbocycles. The van der Waals surface area contributed by atoms with Crippen molar-refractivity contribution in [2.24, 2.45) is 5.41 Å². The summed E-state index contributed by atoms with van der Waals surface area (Å²) >= 11 is 0. The highest BCUT2D eigenvalue weighted by Gasteiger charge is 2.22. The molecule has 0 heterocycles. The van der Waals surface area contributed by atoms with E-state index >= 15 is 0 Å². The second kappa shape index (κ2) is 5.33. The zero-order valence-corrected chi connectivity index (χ0v) is 12.0. The molecule has 2 N–H and O–H groups in total. The van der Waals surface area contributed by atoms with Crippen LogP contribution in [0.1, 0.15) is 50.0 Å². The normalized spacial score (nSPS) is 16.0. The molecule has 0 fully saturated rings. The van der Waals surface area contributed by atoms with Gasteiger partial charge in [0.25, 0.3) is 0 Å². The fraction of sp³-hybridized carbons (Fsp3) is 0.562. The van der Waals surface area contributed by atoms with Gasteiger partial charge in [-0.05, 0) is 36.0 Å². The Balaban J connectivity index is 1.97. The number of nitrogens with one attached hydrogen (secondary N) is 1. The second-order valence-electron chi connectivity index (χ2n) is 6.36. The van der Waals surface area contributed by atoms with Gasteiger partial charge in [-0.15, -0.1) is 0 Å². The van der Waals surface area contributed by atoms with Gasteiger partial charge in [0.1, 0.15) is 0 Å². The molecule has 0 aromatic heterocycles. The molecule has 1 aromatic rings. The lowest BCUT2D eigenvalue weighted by atomic mass is 9.95. The molecule has 1 aromatic carbocycles. The molecule has 2 rings (SSSR count). The number of amides is 1. The van der Waals surface area contributed by atoms with Gasteiger partial charge >= 0.3 is 0 Å². The molecule has 1 aliphatic rings. The minimum absolute atomic E-state index is 0.0345. The molecule has 104 valence electrons. The van der Waals surface area contributed by atoms with Gasteiger partial charge < -0.3 is 10.4 Å². The molecule has 0 spiro atoms. The van der Waals surface area contributed by atoms with Crippen LogP contribution in [0, 0.1) is 5.41 Å². The van der Waals surface area contributed by atoms with Gasteiger partial charge in [0, 0.05) is 12.0 Å². The lowest BCUT2D eigenvalue weighted by Gasteiger charge is -2.20. The molecule has 0 saturated carbocycles. The average molecular weight is 261 g/mol. The largest absolute Gasteiger partial charge is 0.387 e. The molecule has 19 heavy (non-hydrogen) atoms. The van der Waals surface area contributed by atoms with Crippen molar-refractivity contribution in [3.63, 3.8) is 0 Å². The number of aliphatic hydroxyl groups is 1. The Morgan fingerprint density at radius 2 is 2.00 bits per heavy atom. The summed E-state index contributed by atoms with van der Waals surface area (Å²) in [4.78, 5) is 11.8. The molecule has 0 bridgehead atoms. The number of benzene rings is 1. The molecule has 1 amide bonds. The van der Waals surface area contributed by atoms with Crippen LogP contribution < -0.4 is 5.32 Å². The Bertz CT molecular complexity index is 474. The summed E-state index contributed by atoms with van der Waals surface area (Å²) in [5.74, 6) is -0.0345. The molecule has 0 radical (unpaired) electrons. The summed E-state index contributed by atoms with van der Waals surface area (Å²) in [5, 5.41) is 13.0. The lowest BCUT2D eigenvalue weighted by Crippen LogP contribution is -2.37. The van der Waals surface area contributed by atoms with E-state index in [9.17, 15) is 9.90 Å². The number of carbonyl (C=O) groups excluding carboxylic acids is 1. The van der Waals surface area contributed by atoms with E-state index in [4.69, 9.17) is 0 Å². The van der Waals surface area contributed by atoms with Crippen molar-refractivity contribution in [2.75, 3.05) is 6.54 Å². The van der Waals surface area contributed by atoms with Crippen LogP contribution in [-0.4, -0.2) is 17.6 Å². The summed E-state index contributed by atoms with van der Waals surface area (Å²) in [5.41, 5.74) is 3.22. The number of aliphatic hydroxyl groups excluding tert-OH is 1. The first-order chi connectivity index (χ1) is 8.88. The number of aryl methyl sites for hydroxylation is 2. The van der Waals surface area contributed by atoms with E-state index in [1.807, 2.05) is 26.8 Å². The summed E-state index contributed by atoms with van der Waals surface area (Å²) in [6, 6.07) is 6.15. The molecule has 1 atom stereocenters. The van der Waals surface area contributed by atoms with Gasteiger partial charge in [-0.2, -0.15) is 0 Å². The van der Waals surface area contributed by atoms with Crippen LogP contribution in [0.25, 0.3) is 0 Å². The first-order valence-corrected chi connectivity index (χ1v) is 6.96. The molecule has 3 heteroatoms. The van der Waals surface area contributed by atoms with Crippen LogP contribution in [0.15, 0.2) is 18.2 Å². The van der Waals surface area contributed by atoms with E-state index in [0.717, 1.165) is 18.4 Å². The van der Waals surface area contributed by atoms with E-state index in [0.29, 0.717) is 0 Å². The van der Waals surface area contributed by atoms with Crippen molar-refractivity contribution in [1.82, 2.24) is 5.32 Å². The Morgan fingerprint density at radius 1 is 1.32 bits per heavy atom. The van der Waals surface area contributed by atoms with Crippen molar-refractivity contribution in [1.29, 1.82) is 0 Å². The number of carbonyl (C=O) groups is 1. The van der Waals surface area contributed by atoms with Crippen molar-refractivity contribution in [3.05, 3.63) is 34.9 Å². The monoisotopic (exact) mass is 261 g/mol. The fourth-order valence-corrected chi connectivity index (χ4v) is 2.37. The number of fused-ring (bicyclic) bond motifs is 1. The zero-order chi connectivity index (χ0) is 14.0. The standard InChI is InChI=1S/C16H23NO2/c1-16(2,3)15(19)17-10-14(18)13-8-7-11-5-4-6-12(11)9-13/h7-9,14,18H,4-6,10H2,1-3H3,(H,17,19). The molecular formula is C16H23NO2. The van der Waals surface area contributed by atoms with E-state index in [1.54, 1.807) is 0 Å². The van der Waals surface area contributed by atoms with Crippen LogP contribution in [0.2, 0.25) is 0 Å². The molecular weight excluding hydrogens is 238 g/mol. The zero-order valence-electron chi connectivity index (χ0n) is 12.0. The smallest absolute Gasteiger partial charge is 0.225 e. The summed E-state index contributed by atoms with van der Waals surface area (Å²) in [6.45, 7) is 5.87. The number of hydrogen-bond acceptors (Lipinski definition) is 2. The van der Waals surface area contributed by atoms with Crippen LogP contribution in [-0.2, 0) is 17.6 Å². The third kappa shape index (κ3) is 3.35. The van der Waals surface area contributed by atoms with Gasteiger partial charge in [-0.3, -0.25) is 4.79 Å². The second-order valence-corrected chi connectivity index (χ2v) is 6.36. The van der Waals surface area contributed by atoms with Gasteiger partial charge in [0.2, 0.25) is 5.91 Å². The maximum absolute atomic E-state index is 11.8. The topological polar surface area (TPSA) is 49.3 Å². The van der Waals surface area contributed by atoms with Gasteiger partial charge in [0.15, 0.2) is 0 Å². The maximum Gasteiger partial charge on any atom is 0.225 e. The summed E-state index contributed by atoms with van der Waals surface area (Å²) in [6.07, 6.45) is 2.82. The van der Waals surface area contributed by atoms with E-state index in [-0.39, 0.29) is 12.5 Å². The maximum atomic E-state index is 11.8. The van der Waals surface area contributed by atoms with E-state index in [1.165, 1.54) is 17.5 Å². The highest BCUT2D eigenvalue weighted by molar-refractivity contribution is 5.81. The van der Waals surface area contributed by atoms with Gasteiger partial charge in [0.05, 0.1) is 6.10 Å². The van der Waals surface area contributed by atoms with E-state index in [2.05, 4.69) is 17.4 Å². The predicted octanol–water partition coefficient (Wildman–Crippen LogP) is 2.37. The fourth-order valence-electron chi connectivity index (χ4n) is 2.37. The summed E-state index contributed by atoms with van der Waals surface area (Å²) in [7, 11) is 0. The minimum atomic E-state index is -0.628. The highest BCUT2D eigenvalue weighted by atomic mass is 16.3. The first kappa shape index (κ1) is 14.1. The molecule has 1 unspecified atom stereocenters. The van der Waals surface area contributed by atoms with Crippen LogP contribution in [0.3, 0.4) is 0 Å². The lowest BCUT2D eigenvalue weighted by molar-refractivity contribution is -0.128. The van der Waals surface area contributed by atoms with Crippen LogP contribution in [0.4, 0.5) is 0 Å². The Kier molecular flexibility index (Phi) is 3.95. The van der Waals surface area contributed by atoms with Crippen LogP contribution in [0.5, 0.6) is 0 Å². The summed E-state index contributed by atoms with van der Waals surface area (Å²) < 4.78 is 0. The van der Waals surface area contributed by atoms with Crippen molar-refractivity contribution >= 4 is 5.91 Å². The predicted molar refractivity (Wildman–Crippen MR) is 75.9 cm³/mol. The third-order valence-corrected chi connectivity index (χ3v) is 3.64.